The average molecular weight is 331 g/mol. The first kappa shape index (κ1) is 15.1. The molecule has 3 aromatic heterocycles. The Morgan fingerprint density at radius 2 is 1.84 bits per heavy atom. The van der Waals surface area contributed by atoms with Crippen molar-refractivity contribution < 1.29 is 4.79 Å². The van der Waals surface area contributed by atoms with Crippen LogP contribution in [0.3, 0.4) is 0 Å². The summed E-state index contributed by atoms with van der Waals surface area (Å²) in [5.74, 6) is 0.498. The van der Waals surface area contributed by atoms with E-state index in [1.165, 1.54) is 0 Å². The summed E-state index contributed by atoms with van der Waals surface area (Å²) in [4.78, 5) is 23.6. The van der Waals surface area contributed by atoms with E-state index >= 15 is 0 Å². The Morgan fingerprint density at radius 1 is 1.08 bits per heavy atom. The van der Waals surface area contributed by atoms with Crippen molar-refractivity contribution in [3.63, 3.8) is 0 Å². The predicted molar refractivity (Wildman–Crippen MR) is 96.6 cm³/mol. The molecule has 6 nitrogen and oxygen atoms in total. The number of imidazole rings is 2. The highest BCUT2D eigenvalue weighted by Crippen LogP contribution is 2.23. The minimum absolute atomic E-state index is 0.155. The van der Waals surface area contributed by atoms with Gasteiger partial charge in [0.1, 0.15) is 5.69 Å². The lowest BCUT2D eigenvalue weighted by atomic mass is 10.2. The predicted octanol–water partition coefficient (Wildman–Crippen LogP) is 3.01. The van der Waals surface area contributed by atoms with Gasteiger partial charge in [-0.25, -0.2) is 9.97 Å². The molecule has 0 bridgehead atoms. The van der Waals surface area contributed by atoms with E-state index in [9.17, 15) is 4.79 Å². The first-order valence-electron chi connectivity index (χ1n) is 7.93. The van der Waals surface area contributed by atoms with Crippen molar-refractivity contribution >= 4 is 17.1 Å². The van der Waals surface area contributed by atoms with E-state index in [4.69, 9.17) is 0 Å². The highest BCUT2D eigenvalue weighted by atomic mass is 16.2. The standard InChI is InChI=1S/C19H17N5O/c1-22-12-15(20-13-22)18-21-17(16-10-6-7-11-24(16)18)19(25)23(2)14-8-4-3-5-9-14/h3-13H,1-2H3. The summed E-state index contributed by atoms with van der Waals surface area (Å²) in [6, 6.07) is 15.2. The van der Waals surface area contributed by atoms with Crippen molar-refractivity contribution in [2.75, 3.05) is 11.9 Å². The normalized spacial score (nSPS) is 11.0. The first-order chi connectivity index (χ1) is 12.1. The number of hydrogen-bond acceptors (Lipinski definition) is 3. The van der Waals surface area contributed by atoms with Crippen LogP contribution < -0.4 is 4.90 Å². The van der Waals surface area contributed by atoms with Crippen LogP contribution >= 0.6 is 0 Å². The van der Waals surface area contributed by atoms with E-state index in [0.29, 0.717) is 11.5 Å². The summed E-state index contributed by atoms with van der Waals surface area (Å²) in [5, 5.41) is 0. The molecule has 1 aromatic carbocycles. The number of rotatable bonds is 3. The van der Waals surface area contributed by atoms with Crippen LogP contribution in [0, 0.1) is 0 Å². The summed E-state index contributed by atoms with van der Waals surface area (Å²) in [7, 11) is 3.66. The average Bonchev–Trinajstić information content (AvgIpc) is 3.25. The monoisotopic (exact) mass is 331 g/mol. The lowest BCUT2D eigenvalue weighted by Gasteiger charge is -2.16. The second-order valence-corrected chi connectivity index (χ2v) is 5.86. The minimum Gasteiger partial charge on any atom is -0.340 e. The number of pyridine rings is 1. The van der Waals surface area contributed by atoms with Gasteiger partial charge in [-0.05, 0) is 24.3 Å². The van der Waals surface area contributed by atoms with Crippen molar-refractivity contribution in [3.05, 3.63) is 72.9 Å². The molecule has 0 N–H and O–H groups in total. The van der Waals surface area contributed by atoms with E-state index in [1.54, 1.807) is 18.3 Å². The highest BCUT2D eigenvalue weighted by Gasteiger charge is 2.22. The van der Waals surface area contributed by atoms with Crippen LogP contribution in [0.1, 0.15) is 10.5 Å². The molecule has 0 atom stereocenters. The largest absolute Gasteiger partial charge is 0.340 e. The number of aryl methyl sites for hydroxylation is 1. The Kier molecular flexibility index (Phi) is 3.57. The molecular formula is C19H17N5O. The Balaban J connectivity index is 1.84. The molecule has 3 heterocycles. The maximum atomic E-state index is 13.0. The van der Waals surface area contributed by atoms with Gasteiger partial charge < -0.3 is 9.47 Å². The number of aromatic nitrogens is 4. The fraction of sp³-hybridized carbons (Fsp3) is 0.105. The zero-order valence-corrected chi connectivity index (χ0v) is 14.0. The first-order valence-corrected chi connectivity index (χ1v) is 7.93. The molecule has 25 heavy (non-hydrogen) atoms. The molecule has 4 rings (SSSR count). The third-order valence-corrected chi connectivity index (χ3v) is 4.13. The molecule has 0 radical (unpaired) electrons. The molecule has 0 aliphatic heterocycles. The second-order valence-electron chi connectivity index (χ2n) is 5.86. The van der Waals surface area contributed by atoms with Crippen molar-refractivity contribution in [1.29, 1.82) is 0 Å². The lowest BCUT2D eigenvalue weighted by molar-refractivity contribution is 0.0990. The van der Waals surface area contributed by atoms with E-state index in [0.717, 1.165) is 16.9 Å². The van der Waals surface area contributed by atoms with Gasteiger partial charge in [0.05, 0.1) is 11.8 Å². The number of benzene rings is 1. The molecule has 0 aliphatic carbocycles. The van der Waals surface area contributed by atoms with E-state index in [-0.39, 0.29) is 5.91 Å². The van der Waals surface area contributed by atoms with Crippen LogP contribution in [0.2, 0.25) is 0 Å². The number of hydrogen-bond donors (Lipinski definition) is 0. The van der Waals surface area contributed by atoms with Crippen LogP contribution in [0.15, 0.2) is 67.3 Å². The quantitative estimate of drug-likeness (QED) is 0.580. The molecule has 124 valence electrons. The van der Waals surface area contributed by atoms with Gasteiger partial charge in [0.15, 0.2) is 11.5 Å². The molecule has 0 saturated heterocycles. The zero-order valence-electron chi connectivity index (χ0n) is 14.0. The molecule has 1 amide bonds. The van der Waals surface area contributed by atoms with Gasteiger partial charge in [0.25, 0.3) is 5.91 Å². The molecule has 4 aromatic rings. The smallest absolute Gasteiger partial charge is 0.278 e. The van der Waals surface area contributed by atoms with Crippen molar-refractivity contribution in [2.24, 2.45) is 7.05 Å². The summed E-state index contributed by atoms with van der Waals surface area (Å²) in [6.45, 7) is 0. The topological polar surface area (TPSA) is 55.4 Å². The number of para-hydroxylation sites is 1. The van der Waals surface area contributed by atoms with Crippen LogP contribution in [-0.4, -0.2) is 31.9 Å². The second kappa shape index (κ2) is 5.90. The number of fused-ring (bicyclic) bond motifs is 1. The van der Waals surface area contributed by atoms with Gasteiger partial charge in [-0.3, -0.25) is 9.20 Å². The molecule has 6 heteroatoms. The van der Waals surface area contributed by atoms with Crippen LogP contribution in [0.5, 0.6) is 0 Å². The van der Waals surface area contributed by atoms with Crippen LogP contribution in [0.4, 0.5) is 5.69 Å². The molecular weight excluding hydrogens is 314 g/mol. The van der Waals surface area contributed by atoms with Crippen molar-refractivity contribution in [2.45, 2.75) is 0 Å². The molecule has 0 fully saturated rings. The minimum atomic E-state index is -0.155. The summed E-state index contributed by atoms with van der Waals surface area (Å²) in [6.07, 6.45) is 5.50. The fourth-order valence-corrected chi connectivity index (χ4v) is 2.83. The van der Waals surface area contributed by atoms with Gasteiger partial charge in [-0.15, -0.1) is 0 Å². The Bertz CT molecular complexity index is 1050. The van der Waals surface area contributed by atoms with Gasteiger partial charge in [-0.2, -0.15) is 0 Å². The number of nitrogens with zero attached hydrogens (tertiary/aromatic N) is 5. The number of carbonyl (C=O) groups is 1. The maximum Gasteiger partial charge on any atom is 0.278 e. The van der Waals surface area contributed by atoms with Gasteiger partial charge in [-0.1, -0.05) is 24.3 Å². The van der Waals surface area contributed by atoms with E-state index < -0.39 is 0 Å². The number of amides is 1. The van der Waals surface area contributed by atoms with Gasteiger partial charge in [0.2, 0.25) is 0 Å². The number of anilines is 1. The summed E-state index contributed by atoms with van der Waals surface area (Å²) >= 11 is 0. The van der Waals surface area contributed by atoms with E-state index in [1.807, 2.05) is 76.9 Å². The van der Waals surface area contributed by atoms with E-state index in [2.05, 4.69) is 9.97 Å². The third kappa shape index (κ3) is 2.57. The zero-order chi connectivity index (χ0) is 17.4. The summed E-state index contributed by atoms with van der Waals surface area (Å²) in [5.41, 5.74) is 2.72. The Labute approximate surface area is 145 Å². The maximum absolute atomic E-state index is 13.0. The van der Waals surface area contributed by atoms with Crippen molar-refractivity contribution in [1.82, 2.24) is 18.9 Å². The Morgan fingerprint density at radius 3 is 2.56 bits per heavy atom. The molecule has 0 aliphatic rings. The number of carbonyl (C=O) groups excluding carboxylic acids is 1. The van der Waals surface area contributed by atoms with Crippen LogP contribution in [0.25, 0.3) is 17.0 Å². The molecule has 0 saturated carbocycles. The lowest BCUT2D eigenvalue weighted by Crippen LogP contribution is -2.26. The molecule has 0 unspecified atom stereocenters. The Hall–Kier alpha value is -3.41. The highest BCUT2D eigenvalue weighted by molar-refractivity contribution is 6.09. The molecule has 0 spiro atoms. The van der Waals surface area contributed by atoms with Crippen LogP contribution in [-0.2, 0) is 7.05 Å². The van der Waals surface area contributed by atoms with Gasteiger partial charge >= 0.3 is 0 Å². The van der Waals surface area contributed by atoms with Crippen molar-refractivity contribution in [3.8, 4) is 11.5 Å². The third-order valence-electron chi connectivity index (χ3n) is 4.13. The fourth-order valence-electron chi connectivity index (χ4n) is 2.83. The summed E-state index contributed by atoms with van der Waals surface area (Å²) < 4.78 is 3.76. The SMILES string of the molecule is CN(C(=O)c1nc(-c2cn(C)cn2)n2ccccc12)c1ccccc1. The van der Waals surface area contributed by atoms with Gasteiger partial charge in [0, 0.05) is 32.2 Å².